The molecule has 1 aromatic carbocycles. The minimum Gasteiger partial charge on any atom is -0.497 e. The molecule has 0 heterocycles. The molecule has 0 aliphatic heterocycles. The number of nitro benzene ring substituents is 1. The molecule has 6 heteroatoms. The highest BCUT2D eigenvalue weighted by atomic mass is 16.6. The van der Waals surface area contributed by atoms with Crippen molar-refractivity contribution in [2.75, 3.05) is 13.7 Å². The molecule has 0 spiro atoms. The van der Waals surface area contributed by atoms with Crippen molar-refractivity contribution >= 4 is 5.69 Å². The highest BCUT2D eigenvalue weighted by Crippen LogP contribution is 2.32. The van der Waals surface area contributed by atoms with Gasteiger partial charge in [0.2, 0.25) is 5.75 Å². The smallest absolute Gasteiger partial charge is 0.311 e. The molecule has 0 radical (unpaired) electrons. The summed E-state index contributed by atoms with van der Waals surface area (Å²) in [6.45, 7) is 5.30. The van der Waals surface area contributed by atoms with Crippen LogP contribution in [0.25, 0.3) is 0 Å². The van der Waals surface area contributed by atoms with Crippen molar-refractivity contribution in [2.45, 2.75) is 26.4 Å². The first kappa shape index (κ1) is 15.2. The first-order valence-electron chi connectivity index (χ1n) is 5.95. The van der Waals surface area contributed by atoms with E-state index in [0.717, 1.165) is 0 Å². The van der Waals surface area contributed by atoms with Crippen molar-refractivity contribution in [3.63, 3.8) is 0 Å². The number of hydrogen-bond acceptors (Lipinski definition) is 5. The minimum atomic E-state index is -1.06. The van der Waals surface area contributed by atoms with Gasteiger partial charge in [0.15, 0.2) is 0 Å². The Bertz CT molecular complexity index is 456. The summed E-state index contributed by atoms with van der Waals surface area (Å²) in [5.41, 5.74) is -1.21. The molecule has 6 nitrogen and oxygen atoms in total. The minimum absolute atomic E-state index is 0.0291. The average Bonchev–Trinajstić information content (AvgIpc) is 2.35. The summed E-state index contributed by atoms with van der Waals surface area (Å²) >= 11 is 0. The van der Waals surface area contributed by atoms with Gasteiger partial charge in [-0.1, -0.05) is 13.8 Å². The van der Waals surface area contributed by atoms with Gasteiger partial charge in [-0.25, -0.2) is 0 Å². The largest absolute Gasteiger partial charge is 0.497 e. The number of nitrogens with zero attached hydrogens (tertiary/aromatic N) is 1. The lowest BCUT2D eigenvalue weighted by atomic mass is 9.94. The number of nitro groups is 1. The van der Waals surface area contributed by atoms with Gasteiger partial charge >= 0.3 is 5.69 Å². The SMILES string of the molecule is COc1ccc([N+](=O)[O-])c(OCC(C)(O)C(C)C)c1. The van der Waals surface area contributed by atoms with Crippen LogP contribution in [-0.2, 0) is 0 Å². The van der Waals surface area contributed by atoms with Crippen molar-refractivity contribution < 1.29 is 19.5 Å². The van der Waals surface area contributed by atoms with Gasteiger partial charge in [-0.05, 0) is 18.9 Å². The molecule has 0 saturated carbocycles. The predicted molar refractivity (Wildman–Crippen MR) is 70.6 cm³/mol. The zero-order valence-corrected chi connectivity index (χ0v) is 11.5. The van der Waals surface area contributed by atoms with Crippen LogP contribution in [0.4, 0.5) is 5.69 Å². The first-order chi connectivity index (χ1) is 8.77. The Kier molecular flexibility index (Phi) is 4.72. The Labute approximate surface area is 112 Å². The molecule has 1 rings (SSSR count). The van der Waals surface area contributed by atoms with Crippen LogP contribution >= 0.6 is 0 Å². The molecule has 0 bridgehead atoms. The maximum Gasteiger partial charge on any atom is 0.311 e. The van der Waals surface area contributed by atoms with Crippen LogP contribution < -0.4 is 9.47 Å². The van der Waals surface area contributed by atoms with Crippen molar-refractivity contribution in [2.24, 2.45) is 5.92 Å². The number of methoxy groups -OCH3 is 1. The zero-order chi connectivity index (χ0) is 14.6. The quantitative estimate of drug-likeness (QED) is 0.633. The normalized spacial score (nSPS) is 14.0. The Morgan fingerprint density at radius 3 is 2.58 bits per heavy atom. The lowest BCUT2D eigenvalue weighted by Crippen LogP contribution is -2.37. The third-order valence-electron chi connectivity index (χ3n) is 3.13. The summed E-state index contributed by atoms with van der Waals surface area (Å²) in [7, 11) is 1.47. The molecule has 0 aromatic heterocycles. The van der Waals surface area contributed by atoms with E-state index in [1.165, 1.54) is 25.3 Å². The van der Waals surface area contributed by atoms with Crippen molar-refractivity contribution in [1.82, 2.24) is 0 Å². The van der Waals surface area contributed by atoms with Crippen LogP contribution in [0, 0.1) is 16.0 Å². The molecular formula is C13H19NO5. The van der Waals surface area contributed by atoms with E-state index in [1.807, 2.05) is 13.8 Å². The molecule has 1 N–H and O–H groups in total. The molecule has 19 heavy (non-hydrogen) atoms. The second-order valence-corrected chi connectivity index (χ2v) is 4.89. The van der Waals surface area contributed by atoms with Gasteiger partial charge in [0.25, 0.3) is 0 Å². The standard InChI is InChI=1S/C13H19NO5/c1-9(2)13(3,15)8-19-12-7-10(18-4)5-6-11(12)14(16)17/h5-7,9,15H,8H2,1-4H3. The Balaban J connectivity index is 2.95. The maximum absolute atomic E-state index is 10.9. The Morgan fingerprint density at radius 1 is 1.47 bits per heavy atom. The lowest BCUT2D eigenvalue weighted by molar-refractivity contribution is -0.386. The molecular weight excluding hydrogens is 250 g/mol. The highest BCUT2D eigenvalue weighted by molar-refractivity contribution is 5.50. The second-order valence-electron chi connectivity index (χ2n) is 4.89. The number of aliphatic hydroxyl groups is 1. The molecule has 0 fully saturated rings. The lowest BCUT2D eigenvalue weighted by Gasteiger charge is -2.27. The summed E-state index contributed by atoms with van der Waals surface area (Å²) < 4.78 is 10.4. The monoisotopic (exact) mass is 269 g/mol. The maximum atomic E-state index is 10.9. The van der Waals surface area contributed by atoms with Crippen LogP contribution in [0.15, 0.2) is 18.2 Å². The first-order valence-corrected chi connectivity index (χ1v) is 5.95. The van der Waals surface area contributed by atoms with Crippen molar-refractivity contribution in [3.8, 4) is 11.5 Å². The van der Waals surface area contributed by atoms with E-state index in [9.17, 15) is 15.2 Å². The summed E-state index contributed by atoms with van der Waals surface area (Å²) in [4.78, 5) is 10.4. The van der Waals surface area contributed by atoms with E-state index in [-0.39, 0.29) is 24.0 Å². The van der Waals surface area contributed by atoms with Crippen LogP contribution in [0.2, 0.25) is 0 Å². The molecule has 1 atom stereocenters. The highest BCUT2D eigenvalue weighted by Gasteiger charge is 2.27. The molecule has 1 unspecified atom stereocenters. The van der Waals surface area contributed by atoms with E-state index in [0.29, 0.717) is 5.75 Å². The molecule has 1 aromatic rings. The average molecular weight is 269 g/mol. The Hall–Kier alpha value is -1.82. The molecule has 0 saturated heterocycles. The fourth-order valence-electron chi connectivity index (χ4n) is 1.28. The number of rotatable bonds is 6. The van der Waals surface area contributed by atoms with Gasteiger partial charge in [-0.2, -0.15) is 0 Å². The second kappa shape index (κ2) is 5.88. The summed E-state index contributed by atoms with van der Waals surface area (Å²) in [5.74, 6) is 0.521. The molecule has 0 aliphatic rings. The summed E-state index contributed by atoms with van der Waals surface area (Å²) in [5, 5.41) is 21.0. The van der Waals surface area contributed by atoms with Gasteiger partial charge in [0.1, 0.15) is 12.4 Å². The predicted octanol–water partition coefficient (Wildman–Crippen LogP) is 2.39. The van der Waals surface area contributed by atoms with Gasteiger partial charge in [-0.15, -0.1) is 0 Å². The fraction of sp³-hybridized carbons (Fsp3) is 0.538. The van der Waals surface area contributed by atoms with E-state index in [4.69, 9.17) is 9.47 Å². The number of hydrogen-bond donors (Lipinski definition) is 1. The third kappa shape index (κ3) is 3.82. The number of benzene rings is 1. The molecule has 0 amide bonds. The molecule has 0 aliphatic carbocycles. The van der Waals surface area contributed by atoms with Crippen LogP contribution in [-0.4, -0.2) is 29.3 Å². The van der Waals surface area contributed by atoms with Gasteiger partial charge in [0.05, 0.1) is 17.6 Å². The van der Waals surface area contributed by atoms with Crippen molar-refractivity contribution in [1.29, 1.82) is 0 Å². The van der Waals surface area contributed by atoms with E-state index in [1.54, 1.807) is 6.92 Å². The number of ether oxygens (including phenoxy) is 2. The Morgan fingerprint density at radius 2 is 2.11 bits per heavy atom. The van der Waals surface area contributed by atoms with E-state index < -0.39 is 10.5 Å². The van der Waals surface area contributed by atoms with Gasteiger partial charge in [0, 0.05) is 12.1 Å². The van der Waals surface area contributed by atoms with Crippen LogP contribution in [0.5, 0.6) is 11.5 Å². The van der Waals surface area contributed by atoms with Crippen LogP contribution in [0.1, 0.15) is 20.8 Å². The summed E-state index contributed by atoms with van der Waals surface area (Å²) in [6, 6.07) is 4.25. The topological polar surface area (TPSA) is 81.8 Å². The van der Waals surface area contributed by atoms with Crippen LogP contribution in [0.3, 0.4) is 0 Å². The van der Waals surface area contributed by atoms with E-state index >= 15 is 0 Å². The fourth-order valence-corrected chi connectivity index (χ4v) is 1.28. The third-order valence-corrected chi connectivity index (χ3v) is 3.13. The zero-order valence-electron chi connectivity index (χ0n) is 11.5. The van der Waals surface area contributed by atoms with E-state index in [2.05, 4.69) is 0 Å². The van der Waals surface area contributed by atoms with Crippen molar-refractivity contribution in [3.05, 3.63) is 28.3 Å². The summed E-state index contributed by atoms with van der Waals surface area (Å²) in [6.07, 6.45) is 0. The van der Waals surface area contributed by atoms with Gasteiger partial charge in [-0.3, -0.25) is 10.1 Å². The molecule has 106 valence electrons. The van der Waals surface area contributed by atoms with Gasteiger partial charge < -0.3 is 14.6 Å².